The van der Waals surface area contributed by atoms with Gasteiger partial charge in [0.25, 0.3) is 0 Å². The summed E-state index contributed by atoms with van der Waals surface area (Å²) in [6, 6.07) is 23.7. The lowest BCUT2D eigenvalue weighted by Crippen LogP contribution is -2.54. The van der Waals surface area contributed by atoms with E-state index >= 15 is 0 Å². The lowest BCUT2D eigenvalue weighted by molar-refractivity contribution is -0.140. The van der Waals surface area contributed by atoms with Crippen molar-refractivity contribution in [2.45, 2.75) is 64.1 Å². The molecule has 1 saturated carbocycles. The Morgan fingerprint density at radius 3 is 2.20 bits per heavy atom. The van der Waals surface area contributed by atoms with E-state index in [1.165, 1.54) is 0 Å². The van der Waals surface area contributed by atoms with Crippen LogP contribution in [-0.4, -0.2) is 50.0 Å². The van der Waals surface area contributed by atoms with Gasteiger partial charge in [-0.25, -0.2) is 8.42 Å². The van der Waals surface area contributed by atoms with Gasteiger partial charge < -0.3 is 10.2 Å². The first-order valence-corrected chi connectivity index (χ1v) is 16.7. The standard InChI is InChI=1S/C32H38BrN3O4S/c1-3-26-13-7-10-16-29(26)36(41(2,39)40)23-31(37)35(22-25-17-19-27(33)20-18-25)30(21-24-11-5-4-6-12-24)32(38)34-28-14-8-9-15-28/h4-7,10-13,16-20,28,30H,3,8-9,14-15,21-23H2,1-2H3,(H,34,38). The van der Waals surface area contributed by atoms with Crippen molar-refractivity contribution in [3.63, 3.8) is 0 Å². The number of nitrogens with zero attached hydrogens (tertiary/aromatic N) is 2. The van der Waals surface area contributed by atoms with E-state index < -0.39 is 28.5 Å². The second-order valence-corrected chi connectivity index (χ2v) is 13.4. The summed E-state index contributed by atoms with van der Waals surface area (Å²) >= 11 is 3.46. The monoisotopic (exact) mass is 639 g/mol. The van der Waals surface area contributed by atoms with Crippen molar-refractivity contribution in [2.75, 3.05) is 17.1 Å². The molecule has 4 rings (SSSR count). The molecule has 0 heterocycles. The Bertz CT molecular complexity index is 1420. The van der Waals surface area contributed by atoms with Crippen molar-refractivity contribution in [2.24, 2.45) is 0 Å². The Morgan fingerprint density at radius 2 is 1.56 bits per heavy atom. The number of anilines is 1. The highest BCUT2D eigenvalue weighted by molar-refractivity contribution is 9.10. The molecular formula is C32H38BrN3O4S. The SMILES string of the molecule is CCc1ccccc1N(CC(=O)N(Cc1ccc(Br)cc1)C(Cc1ccccc1)C(=O)NC1CCCC1)S(C)(=O)=O. The van der Waals surface area contributed by atoms with Crippen molar-refractivity contribution in [3.8, 4) is 0 Å². The van der Waals surface area contributed by atoms with Crippen molar-refractivity contribution >= 4 is 43.5 Å². The van der Waals surface area contributed by atoms with Crippen LogP contribution in [0.2, 0.25) is 0 Å². The van der Waals surface area contributed by atoms with Gasteiger partial charge in [0, 0.05) is 23.5 Å². The topological polar surface area (TPSA) is 86.8 Å². The Morgan fingerprint density at radius 1 is 0.927 bits per heavy atom. The molecule has 7 nitrogen and oxygen atoms in total. The van der Waals surface area contributed by atoms with Gasteiger partial charge >= 0.3 is 0 Å². The number of para-hydroxylation sites is 1. The van der Waals surface area contributed by atoms with Gasteiger partial charge in [0.15, 0.2) is 0 Å². The van der Waals surface area contributed by atoms with Crippen LogP contribution in [0.4, 0.5) is 5.69 Å². The molecule has 0 radical (unpaired) electrons. The van der Waals surface area contributed by atoms with E-state index in [2.05, 4.69) is 21.2 Å². The zero-order chi connectivity index (χ0) is 29.4. The lowest BCUT2D eigenvalue weighted by atomic mass is 10.0. The highest BCUT2D eigenvalue weighted by atomic mass is 79.9. The fraction of sp³-hybridized carbons (Fsp3) is 0.375. The number of nitrogens with one attached hydrogen (secondary N) is 1. The summed E-state index contributed by atoms with van der Waals surface area (Å²) in [7, 11) is -3.80. The van der Waals surface area contributed by atoms with Crippen LogP contribution in [0.25, 0.3) is 0 Å². The smallest absolute Gasteiger partial charge is 0.244 e. The molecule has 0 aromatic heterocycles. The molecule has 41 heavy (non-hydrogen) atoms. The number of carbonyl (C=O) groups is 2. The number of benzene rings is 3. The lowest BCUT2D eigenvalue weighted by Gasteiger charge is -2.34. The van der Waals surface area contributed by atoms with Crippen LogP contribution in [0.5, 0.6) is 0 Å². The molecule has 0 saturated heterocycles. The van der Waals surface area contributed by atoms with E-state index in [1.54, 1.807) is 17.0 Å². The van der Waals surface area contributed by atoms with Crippen LogP contribution in [0, 0.1) is 0 Å². The molecule has 218 valence electrons. The van der Waals surface area contributed by atoms with Crippen LogP contribution < -0.4 is 9.62 Å². The number of halogens is 1. The van der Waals surface area contributed by atoms with Crippen molar-refractivity contribution in [3.05, 3.63) is 100 Å². The molecule has 1 fully saturated rings. The first kappa shape index (κ1) is 30.8. The summed E-state index contributed by atoms with van der Waals surface area (Å²) < 4.78 is 28.2. The summed E-state index contributed by atoms with van der Waals surface area (Å²) in [4.78, 5) is 29.7. The summed E-state index contributed by atoms with van der Waals surface area (Å²) in [5.41, 5.74) is 3.06. The van der Waals surface area contributed by atoms with Crippen LogP contribution in [-0.2, 0) is 39.0 Å². The normalized spacial score (nSPS) is 14.4. The molecule has 0 aliphatic heterocycles. The van der Waals surface area contributed by atoms with Gasteiger partial charge in [-0.05, 0) is 54.2 Å². The maximum Gasteiger partial charge on any atom is 0.244 e. The van der Waals surface area contributed by atoms with Crippen LogP contribution in [0.15, 0.2) is 83.3 Å². The molecule has 1 aliphatic carbocycles. The highest BCUT2D eigenvalue weighted by Gasteiger charge is 2.34. The predicted octanol–water partition coefficient (Wildman–Crippen LogP) is 5.48. The molecule has 3 aromatic rings. The highest BCUT2D eigenvalue weighted by Crippen LogP contribution is 2.25. The van der Waals surface area contributed by atoms with E-state index in [4.69, 9.17) is 0 Å². The first-order valence-electron chi connectivity index (χ1n) is 14.1. The largest absolute Gasteiger partial charge is 0.352 e. The number of hydrogen-bond donors (Lipinski definition) is 1. The quantitative estimate of drug-likeness (QED) is 0.284. The summed E-state index contributed by atoms with van der Waals surface area (Å²) in [5.74, 6) is -0.655. The van der Waals surface area contributed by atoms with Gasteiger partial charge in [-0.3, -0.25) is 13.9 Å². The maximum atomic E-state index is 14.2. The average molecular weight is 641 g/mol. The molecule has 1 unspecified atom stereocenters. The summed E-state index contributed by atoms with van der Waals surface area (Å²) in [6.07, 6.45) is 6.00. The second kappa shape index (κ2) is 14.1. The van der Waals surface area contributed by atoms with Gasteiger partial charge in [-0.2, -0.15) is 0 Å². The van der Waals surface area contributed by atoms with E-state index in [-0.39, 0.29) is 18.5 Å². The average Bonchev–Trinajstić information content (AvgIpc) is 3.47. The Kier molecular flexibility index (Phi) is 10.6. The van der Waals surface area contributed by atoms with Gasteiger partial charge in [-0.1, -0.05) is 96.4 Å². The molecule has 1 N–H and O–H groups in total. The molecule has 9 heteroatoms. The number of sulfonamides is 1. The third-order valence-electron chi connectivity index (χ3n) is 7.56. The van der Waals surface area contributed by atoms with Gasteiger partial charge in [0.1, 0.15) is 12.6 Å². The summed E-state index contributed by atoms with van der Waals surface area (Å²) in [6.45, 7) is 1.70. The molecule has 0 bridgehead atoms. The minimum Gasteiger partial charge on any atom is -0.352 e. The molecule has 3 aromatic carbocycles. The Hall–Kier alpha value is -3.17. The van der Waals surface area contributed by atoms with E-state index in [0.29, 0.717) is 18.5 Å². The molecule has 0 spiro atoms. The van der Waals surface area contributed by atoms with Gasteiger partial charge in [-0.15, -0.1) is 0 Å². The van der Waals surface area contributed by atoms with Crippen molar-refractivity contribution < 1.29 is 18.0 Å². The van der Waals surface area contributed by atoms with Crippen molar-refractivity contribution in [1.82, 2.24) is 10.2 Å². The van der Waals surface area contributed by atoms with E-state index in [9.17, 15) is 18.0 Å². The molecule has 2 amide bonds. The molecule has 1 atom stereocenters. The number of aryl methyl sites for hydroxylation is 1. The molecular weight excluding hydrogens is 602 g/mol. The third-order valence-corrected chi connectivity index (χ3v) is 9.21. The Labute approximate surface area is 252 Å². The molecule has 1 aliphatic rings. The Balaban J connectivity index is 1.73. The maximum absolute atomic E-state index is 14.2. The van der Waals surface area contributed by atoms with Crippen LogP contribution in [0.1, 0.15) is 49.3 Å². The van der Waals surface area contributed by atoms with Crippen molar-refractivity contribution in [1.29, 1.82) is 0 Å². The van der Waals surface area contributed by atoms with Gasteiger partial charge in [0.2, 0.25) is 21.8 Å². The fourth-order valence-electron chi connectivity index (χ4n) is 5.36. The van der Waals surface area contributed by atoms with E-state index in [0.717, 1.165) is 57.4 Å². The number of rotatable bonds is 12. The number of hydrogen-bond acceptors (Lipinski definition) is 4. The predicted molar refractivity (Wildman–Crippen MR) is 167 cm³/mol. The van der Waals surface area contributed by atoms with Crippen LogP contribution in [0.3, 0.4) is 0 Å². The van der Waals surface area contributed by atoms with Crippen LogP contribution >= 0.6 is 15.9 Å². The third kappa shape index (κ3) is 8.42. The second-order valence-electron chi connectivity index (χ2n) is 10.6. The number of carbonyl (C=O) groups excluding carboxylic acids is 2. The zero-order valence-corrected chi connectivity index (χ0v) is 26.0. The fourth-order valence-corrected chi connectivity index (χ4v) is 6.50. The first-order chi connectivity index (χ1) is 19.7. The summed E-state index contributed by atoms with van der Waals surface area (Å²) in [5, 5.41) is 3.19. The number of amides is 2. The minimum atomic E-state index is -3.80. The van der Waals surface area contributed by atoms with Gasteiger partial charge in [0.05, 0.1) is 11.9 Å². The minimum absolute atomic E-state index is 0.0781. The zero-order valence-electron chi connectivity index (χ0n) is 23.6. The van der Waals surface area contributed by atoms with E-state index in [1.807, 2.05) is 73.7 Å².